The molecule has 206 valence electrons. The highest BCUT2D eigenvalue weighted by Crippen LogP contribution is 2.43. The van der Waals surface area contributed by atoms with Crippen molar-refractivity contribution >= 4 is 35.3 Å². The molecule has 2 saturated heterocycles. The van der Waals surface area contributed by atoms with Gasteiger partial charge >= 0.3 is 0 Å². The molecule has 0 radical (unpaired) electrons. The van der Waals surface area contributed by atoms with Crippen molar-refractivity contribution < 1.29 is 9.59 Å². The Kier molecular flexibility index (Phi) is 8.08. The SMILES string of the molecule is Cc1cccc(CN2C(=O)/C(=C\c3ccccc3)Sc3ccc(C(=O)N4CCC(N5CCCCC5)CC4)cc32)c1. The first-order valence-electron chi connectivity index (χ1n) is 14.5. The van der Waals surface area contributed by atoms with Crippen LogP contribution in [0.4, 0.5) is 5.69 Å². The molecule has 2 amide bonds. The van der Waals surface area contributed by atoms with Crippen LogP contribution in [0.2, 0.25) is 0 Å². The van der Waals surface area contributed by atoms with E-state index in [0.29, 0.717) is 23.1 Å². The van der Waals surface area contributed by atoms with Gasteiger partial charge in [-0.2, -0.15) is 0 Å². The second kappa shape index (κ2) is 12.0. The van der Waals surface area contributed by atoms with Gasteiger partial charge in [0.25, 0.3) is 11.8 Å². The molecular formula is C34H37N3O2S. The van der Waals surface area contributed by atoms with Gasteiger partial charge in [0.15, 0.2) is 0 Å². The van der Waals surface area contributed by atoms with Crippen molar-refractivity contribution in [1.82, 2.24) is 9.80 Å². The number of likely N-dealkylation sites (tertiary alicyclic amines) is 2. The van der Waals surface area contributed by atoms with Crippen LogP contribution in [0.3, 0.4) is 0 Å². The van der Waals surface area contributed by atoms with E-state index in [1.54, 1.807) is 0 Å². The first-order chi connectivity index (χ1) is 19.5. The summed E-state index contributed by atoms with van der Waals surface area (Å²) in [5, 5.41) is 0. The molecule has 0 N–H and O–H groups in total. The molecule has 3 aliphatic heterocycles. The molecule has 0 aromatic heterocycles. The van der Waals surface area contributed by atoms with E-state index in [9.17, 15) is 9.59 Å². The van der Waals surface area contributed by atoms with Gasteiger partial charge in [0.05, 0.1) is 17.1 Å². The Morgan fingerprint density at radius 3 is 2.42 bits per heavy atom. The van der Waals surface area contributed by atoms with Crippen molar-refractivity contribution in [3.05, 3.63) is 100.0 Å². The minimum atomic E-state index is -0.0326. The zero-order valence-electron chi connectivity index (χ0n) is 23.2. The molecule has 3 aromatic rings. The number of hydrogen-bond donors (Lipinski definition) is 0. The molecule has 0 unspecified atom stereocenters. The Labute approximate surface area is 241 Å². The standard InChI is InChI=1S/C34H37N3O2S/c1-25-9-8-12-27(21-25)24-37-30-23-28(33(38)36-19-15-29(16-20-36)35-17-6-3-7-18-35)13-14-31(30)40-32(34(37)39)22-26-10-4-2-5-11-26/h2,4-5,8-14,21-23,29H,3,6-7,15-20,24H2,1H3/b32-22+. The molecule has 0 atom stereocenters. The van der Waals surface area contributed by atoms with Crippen molar-refractivity contribution in [2.75, 3.05) is 31.1 Å². The number of aryl methyl sites for hydroxylation is 1. The topological polar surface area (TPSA) is 43.9 Å². The van der Waals surface area contributed by atoms with Crippen LogP contribution in [-0.4, -0.2) is 53.8 Å². The molecule has 6 rings (SSSR count). The van der Waals surface area contributed by atoms with Crippen LogP contribution < -0.4 is 4.90 Å². The highest BCUT2D eigenvalue weighted by atomic mass is 32.2. The third-order valence-electron chi connectivity index (χ3n) is 8.35. The smallest absolute Gasteiger partial charge is 0.265 e. The van der Waals surface area contributed by atoms with Gasteiger partial charge in [0, 0.05) is 29.6 Å². The van der Waals surface area contributed by atoms with Crippen LogP contribution in [0.1, 0.15) is 59.2 Å². The fraction of sp³-hybridized carbons (Fsp3) is 0.353. The molecule has 0 bridgehead atoms. The van der Waals surface area contributed by atoms with E-state index < -0.39 is 0 Å². The lowest BCUT2D eigenvalue weighted by molar-refractivity contribution is -0.114. The summed E-state index contributed by atoms with van der Waals surface area (Å²) in [5.74, 6) is 0.0354. The summed E-state index contributed by atoms with van der Waals surface area (Å²) in [5.41, 5.74) is 4.71. The minimum Gasteiger partial charge on any atom is -0.339 e. The van der Waals surface area contributed by atoms with Gasteiger partial charge in [-0.05, 0) is 81.1 Å². The van der Waals surface area contributed by atoms with E-state index in [1.165, 1.54) is 44.1 Å². The molecule has 3 aromatic carbocycles. The number of hydrogen-bond acceptors (Lipinski definition) is 4. The summed E-state index contributed by atoms with van der Waals surface area (Å²) in [4.78, 5) is 35.7. The van der Waals surface area contributed by atoms with E-state index in [2.05, 4.69) is 30.0 Å². The molecule has 0 saturated carbocycles. The third kappa shape index (κ3) is 5.89. The molecule has 0 spiro atoms. The fourth-order valence-electron chi connectivity index (χ4n) is 6.19. The summed E-state index contributed by atoms with van der Waals surface area (Å²) < 4.78 is 0. The molecule has 5 nitrogen and oxygen atoms in total. The number of nitrogens with zero attached hydrogens (tertiary/aromatic N) is 3. The Morgan fingerprint density at radius 1 is 0.900 bits per heavy atom. The minimum absolute atomic E-state index is 0.0326. The maximum Gasteiger partial charge on any atom is 0.265 e. The van der Waals surface area contributed by atoms with Crippen molar-refractivity contribution in [3.8, 4) is 0 Å². The van der Waals surface area contributed by atoms with Gasteiger partial charge < -0.3 is 14.7 Å². The molecular weight excluding hydrogens is 514 g/mol. The maximum absolute atomic E-state index is 13.9. The van der Waals surface area contributed by atoms with E-state index in [4.69, 9.17) is 0 Å². The molecule has 3 aliphatic rings. The van der Waals surface area contributed by atoms with Gasteiger partial charge in [-0.1, -0.05) is 78.3 Å². The Balaban J connectivity index is 1.26. The van der Waals surface area contributed by atoms with Gasteiger partial charge in [-0.15, -0.1) is 0 Å². The largest absolute Gasteiger partial charge is 0.339 e. The van der Waals surface area contributed by atoms with Crippen LogP contribution in [0.25, 0.3) is 6.08 Å². The Morgan fingerprint density at radius 2 is 1.68 bits per heavy atom. The Hall–Kier alpha value is -3.35. The number of amides is 2. The first-order valence-corrected chi connectivity index (χ1v) is 15.4. The molecule has 0 aliphatic carbocycles. The van der Waals surface area contributed by atoms with Gasteiger partial charge in [0.1, 0.15) is 0 Å². The average molecular weight is 552 g/mol. The number of anilines is 1. The van der Waals surface area contributed by atoms with Crippen LogP contribution in [0.15, 0.2) is 82.6 Å². The lowest BCUT2D eigenvalue weighted by atomic mass is 9.99. The first kappa shape index (κ1) is 26.9. The zero-order valence-corrected chi connectivity index (χ0v) is 24.0. The third-order valence-corrected chi connectivity index (χ3v) is 9.43. The monoisotopic (exact) mass is 551 g/mol. The second-order valence-electron chi connectivity index (χ2n) is 11.2. The normalized spacial score (nSPS) is 19.6. The number of benzene rings is 3. The summed E-state index contributed by atoms with van der Waals surface area (Å²) >= 11 is 1.49. The van der Waals surface area contributed by atoms with Crippen molar-refractivity contribution in [1.29, 1.82) is 0 Å². The lowest BCUT2D eigenvalue weighted by Crippen LogP contribution is -2.48. The number of piperidine rings is 2. The highest BCUT2D eigenvalue weighted by Gasteiger charge is 2.32. The van der Waals surface area contributed by atoms with Crippen LogP contribution in [0.5, 0.6) is 0 Å². The number of fused-ring (bicyclic) bond motifs is 1. The van der Waals surface area contributed by atoms with Gasteiger partial charge in [0.2, 0.25) is 0 Å². The molecule has 3 heterocycles. The maximum atomic E-state index is 13.9. The number of thioether (sulfide) groups is 1. The second-order valence-corrected chi connectivity index (χ2v) is 12.3. The van der Waals surface area contributed by atoms with Crippen molar-refractivity contribution in [2.24, 2.45) is 0 Å². The van der Waals surface area contributed by atoms with Crippen molar-refractivity contribution in [3.63, 3.8) is 0 Å². The van der Waals surface area contributed by atoms with Crippen LogP contribution in [-0.2, 0) is 11.3 Å². The summed E-state index contributed by atoms with van der Waals surface area (Å²) in [7, 11) is 0. The van der Waals surface area contributed by atoms with E-state index in [-0.39, 0.29) is 11.8 Å². The summed E-state index contributed by atoms with van der Waals surface area (Å²) in [6.45, 7) is 6.51. The predicted octanol–water partition coefficient (Wildman–Crippen LogP) is 6.77. The van der Waals surface area contributed by atoms with E-state index in [0.717, 1.165) is 53.2 Å². The molecule has 2 fully saturated rings. The molecule has 6 heteroatoms. The van der Waals surface area contributed by atoms with Crippen LogP contribution >= 0.6 is 11.8 Å². The number of carbonyl (C=O) groups is 2. The summed E-state index contributed by atoms with van der Waals surface area (Å²) in [6, 6.07) is 24.7. The summed E-state index contributed by atoms with van der Waals surface area (Å²) in [6.07, 6.45) is 7.98. The Bertz CT molecular complexity index is 1410. The van der Waals surface area contributed by atoms with E-state index >= 15 is 0 Å². The fourth-order valence-corrected chi connectivity index (χ4v) is 7.23. The predicted molar refractivity (Wildman–Crippen MR) is 163 cm³/mol. The zero-order chi connectivity index (χ0) is 27.5. The molecule has 40 heavy (non-hydrogen) atoms. The highest BCUT2D eigenvalue weighted by molar-refractivity contribution is 8.04. The van der Waals surface area contributed by atoms with Gasteiger partial charge in [-0.3, -0.25) is 9.59 Å². The van der Waals surface area contributed by atoms with Gasteiger partial charge in [-0.25, -0.2) is 0 Å². The van der Waals surface area contributed by atoms with Crippen molar-refractivity contribution in [2.45, 2.75) is 56.5 Å². The van der Waals surface area contributed by atoms with Crippen LogP contribution in [0, 0.1) is 6.92 Å². The quantitative estimate of drug-likeness (QED) is 0.329. The lowest BCUT2D eigenvalue weighted by Gasteiger charge is -2.40. The number of carbonyl (C=O) groups excluding carboxylic acids is 2. The average Bonchev–Trinajstić information content (AvgIpc) is 3.00. The number of rotatable bonds is 5. The van der Waals surface area contributed by atoms with E-state index in [1.807, 2.05) is 70.5 Å².